The number of aliphatic carboxylic acids is 1. The molecule has 1 fully saturated rings. The first kappa shape index (κ1) is 32.4. The van der Waals surface area contributed by atoms with Crippen LogP contribution in [-0.2, 0) is 25.5 Å². The largest absolute Gasteiger partial charge is 1.00 e. The van der Waals surface area contributed by atoms with E-state index in [-0.39, 0.29) is 49.1 Å². The Labute approximate surface area is 261 Å². The zero-order valence-corrected chi connectivity index (χ0v) is 26.1. The van der Waals surface area contributed by atoms with Crippen LogP contribution in [0.5, 0.6) is 0 Å². The standard InChI is InChI=1S/C27H37N7O6.Na/c1-16-23(29-15-21(26(36)37)33-27(38)40-14-10-22(35)39-3)30-17(2)31-25(16)34-12-8-18(9-13-34)20-7-6-19-5-4-11-28-24(19)32-20;/h6-7,18,21H,4-5,8-15H2,1-3H3,(H,28,32)(H,33,38)(H,36,37)(H,29,30,31);/q;+1/p-1/t21-;/m0./s1. The van der Waals surface area contributed by atoms with Crippen molar-refractivity contribution in [2.45, 2.75) is 57.9 Å². The average molecular weight is 578 g/mol. The van der Waals surface area contributed by atoms with Crippen molar-refractivity contribution in [2.75, 3.05) is 55.4 Å². The molecule has 2 aliphatic rings. The minimum atomic E-state index is -1.49. The number of aryl methyl sites for hydroxylation is 2. The molecule has 216 valence electrons. The maximum absolute atomic E-state index is 12.0. The molecule has 0 radical (unpaired) electrons. The molecule has 0 spiro atoms. The molecular weight excluding hydrogens is 541 g/mol. The average Bonchev–Trinajstić information content (AvgIpc) is 2.96. The Bertz CT molecular complexity index is 1240. The molecule has 1 saturated heterocycles. The molecule has 0 aromatic carbocycles. The minimum absolute atomic E-state index is 0. The van der Waals surface area contributed by atoms with Crippen LogP contribution in [0.2, 0.25) is 0 Å². The van der Waals surface area contributed by atoms with Gasteiger partial charge in [-0.3, -0.25) is 4.79 Å². The zero-order chi connectivity index (χ0) is 28.6. The molecule has 4 rings (SSSR count). The third-order valence-electron chi connectivity index (χ3n) is 7.18. The summed E-state index contributed by atoms with van der Waals surface area (Å²) in [4.78, 5) is 51.0. The van der Waals surface area contributed by atoms with Crippen molar-refractivity contribution in [3.8, 4) is 0 Å². The summed E-state index contributed by atoms with van der Waals surface area (Å²) in [7, 11) is 1.22. The first-order valence-electron chi connectivity index (χ1n) is 13.5. The van der Waals surface area contributed by atoms with E-state index in [4.69, 9.17) is 9.72 Å². The van der Waals surface area contributed by atoms with Gasteiger partial charge in [0.1, 0.15) is 29.9 Å². The van der Waals surface area contributed by atoms with Crippen molar-refractivity contribution in [1.29, 1.82) is 0 Å². The van der Waals surface area contributed by atoms with Crippen LogP contribution < -0.4 is 55.5 Å². The number of carboxylic acid groups (broad SMARTS) is 1. The fourth-order valence-electron chi connectivity index (χ4n) is 4.96. The third kappa shape index (κ3) is 8.66. The van der Waals surface area contributed by atoms with E-state index < -0.39 is 24.1 Å². The van der Waals surface area contributed by atoms with Gasteiger partial charge in [-0.05, 0) is 51.2 Å². The number of esters is 1. The fourth-order valence-corrected chi connectivity index (χ4v) is 4.96. The summed E-state index contributed by atoms with van der Waals surface area (Å²) in [6, 6.07) is 2.96. The molecule has 0 saturated carbocycles. The number of methoxy groups -OCH3 is 1. The Kier molecular flexibility index (Phi) is 12.0. The molecule has 0 bridgehead atoms. The van der Waals surface area contributed by atoms with Crippen molar-refractivity contribution in [3.63, 3.8) is 0 Å². The SMILES string of the molecule is COC(=O)CCOC(=O)N[C@@H](CNc1nc(C)nc(N2CCC(c3ccc4c(n3)NCCC4)CC2)c1C)C(=O)[O-].[Na+]. The molecule has 41 heavy (non-hydrogen) atoms. The number of carboxylic acids is 1. The number of rotatable bonds is 10. The summed E-state index contributed by atoms with van der Waals surface area (Å²) in [6.07, 6.45) is 2.95. The number of hydrogen-bond donors (Lipinski definition) is 3. The van der Waals surface area contributed by atoms with Crippen LogP contribution in [-0.4, -0.2) is 78.9 Å². The van der Waals surface area contributed by atoms with Gasteiger partial charge in [-0.2, -0.15) is 0 Å². The molecule has 4 heterocycles. The van der Waals surface area contributed by atoms with E-state index >= 15 is 0 Å². The first-order chi connectivity index (χ1) is 19.2. The van der Waals surface area contributed by atoms with E-state index in [1.165, 1.54) is 12.7 Å². The topological polar surface area (TPSA) is 171 Å². The molecule has 13 nitrogen and oxygen atoms in total. The zero-order valence-electron chi connectivity index (χ0n) is 24.1. The van der Waals surface area contributed by atoms with Gasteiger partial charge >= 0.3 is 41.6 Å². The number of carbonyl (C=O) groups excluding carboxylic acids is 3. The van der Waals surface area contributed by atoms with Crippen LogP contribution in [0.3, 0.4) is 0 Å². The third-order valence-corrected chi connectivity index (χ3v) is 7.18. The van der Waals surface area contributed by atoms with Crippen molar-refractivity contribution in [1.82, 2.24) is 20.3 Å². The molecule has 1 amide bonds. The van der Waals surface area contributed by atoms with Crippen molar-refractivity contribution < 1.29 is 58.5 Å². The van der Waals surface area contributed by atoms with Gasteiger partial charge in [0, 0.05) is 43.4 Å². The van der Waals surface area contributed by atoms with Gasteiger partial charge < -0.3 is 40.2 Å². The summed E-state index contributed by atoms with van der Waals surface area (Å²) in [6.45, 7) is 5.79. The number of ether oxygens (including phenoxy) is 2. The number of piperidine rings is 1. The number of amides is 1. The van der Waals surface area contributed by atoms with E-state index in [0.717, 1.165) is 68.2 Å². The minimum Gasteiger partial charge on any atom is -0.548 e. The van der Waals surface area contributed by atoms with Gasteiger partial charge in [0.15, 0.2) is 0 Å². The maximum atomic E-state index is 12.0. The monoisotopic (exact) mass is 577 g/mol. The van der Waals surface area contributed by atoms with Crippen LogP contribution >= 0.6 is 0 Å². The number of nitrogens with one attached hydrogen (secondary N) is 3. The molecule has 2 aromatic rings. The summed E-state index contributed by atoms with van der Waals surface area (Å²) in [5.74, 6) is 1.14. The normalized spacial score (nSPS) is 15.4. The Morgan fingerprint density at radius 2 is 1.93 bits per heavy atom. The smallest absolute Gasteiger partial charge is 0.548 e. The van der Waals surface area contributed by atoms with Crippen LogP contribution in [0.4, 0.5) is 22.2 Å². The number of nitrogens with zero attached hydrogens (tertiary/aromatic N) is 4. The molecular formula is C27H36N7NaO6. The van der Waals surface area contributed by atoms with Crippen LogP contribution in [0.15, 0.2) is 12.1 Å². The number of alkyl carbamates (subject to hydrolysis) is 1. The van der Waals surface area contributed by atoms with Crippen LogP contribution in [0.25, 0.3) is 0 Å². The quantitative estimate of drug-likeness (QED) is 0.211. The molecule has 1 atom stereocenters. The van der Waals surface area contributed by atoms with E-state index in [2.05, 4.69) is 47.7 Å². The van der Waals surface area contributed by atoms with Crippen molar-refractivity contribution in [3.05, 3.63) is 34.8 Å². The number of anilines is 3. The van der Waals surface area contributed by atoms with Gasteiger partial charge in [-0.25, -0.2) is 19.7 Å². The van der Waals surface area contributed by atoms with Crippen LogP contribution in [0, 0.1) is 13.8 Å². The summed E-state index contributed by atoms with van der Waals surface area (Å²) < 4.78 is 9.32. The molecule has 14 heteroatoms. The molecule has 0 unspecified atom stereocenters. The Morgan fingerprint density at radius 3 is 2.63 bits per heavy atom. The van der Waals surface area contributed by atoms with E-state index in [1.54, 1.807) is 6.92 Å². The number of pyridine rings is 1. The number of carbonyl (C=O) groups is 3. The van der Waals surface area contributed by atoms with E-state index in [0.29, 0.717) is 17.6 Å². The summed E-state index contributed by atoms with van der Waals surface area (Å²) in [5.41, 5.74) is 3.18. The van der Waals surface area contributed by atoms with Crippen molar-refractivity contribution in [2.24, 2.45) is 0 Å². The molecule has 2 aromatic heterocycles. The number of aromatic nitrogens is 3. The first-order valence-corrected chi connectivity index (χ1v) is 13.5. The molecule has 2 aliphatic heterocycles. The predicted molar refractivity (Wildman–Crippen MR) is 145 cm³/mol. The Hall–Kier alpha value is -3.16. The van der Waals surface area contributed by atoms with Crippen molar-refractivity contribution >= 4 is 35.5 Å². The second-order valence-electron chi connectivity index (χ2n) is 9.96. The number of fused-ring (bicyclic) bond motifs is 1. The van der Waals surface area contributed by atoms with Gasteiger partial charge in [-0.15, -0.1) is 0 Å². The van der Waals surface area contributed by atoms with Gasteiger partial charge in [0.2, 0.25) is 0 Å². The summed E-state index contributed by atoms with van der Waals surface area (Å²) >= 11 is 0. The van der Waals surface area contributed by atoms with Gasteiger partial charge in [0.05, 0.1) is 25.5 Å². The van der Waals surface area contributed by atoms with Gasteiger partial charge in [0.25, 0.3) is 0 Å². The Balaban J connectivity index is 0.00000462. The summed E-state index contributed by atoms with van der Waals surface area (Å²) in [5, 5.41) is 20.3. The van der Waals surface area contributed by atoms with E-state index in [1.807, 2.05) is 6.92 Å². The predicted octanol–water partition coefficient (Wildman–Crippen LogP) is -1.95. The number of hydrogen-bond acceptors (Lipinski definition) is 12. The Morgan fingerprint density at radius 1 is 1.17 bits per heavy atom. The van der Waals surface area contributed by atoms with Crippen LogP contribution in [0.1, 0.15) is 54.2 Å². The fraction of sp³-hybridized carbons (Fsp3) is 0.556. The molecule has 3 N–H and O–H groups in total. The van der Waals surface area contributed by atoms with E-state index in [9.17, 15) is 19.5 Å². The second-order valence-corrected chi connectivity index (χ2v) is 9.96. The van der Waals surface area contributed by atoms with Gasteiger partial charge in [-0.1, -0.05) is 6.07 Å². The molecule has 0 aliphatic carbocycles. The second kappa shape index (κ2) is 15.2. The maximum Gasteiger partial charge on any atom is 1.00 e.